The van der Waals surface area contributed by atoms with Crippen molar-refractivity contribution in [2.24, 2.45) is 16.5 Å². The maximum Gasteiger partial charge on any atom is 0.139 e. The number of nitrogens with one attached hydrogen (secondary N) is 1. The third-order valence-corrected chi connectivity index (χ3v) is 6.20. The summed E-state index contributed by atoms with van der Waals surface area (Å²) in [6.45, 7) is 6.02. The zero-order valence-electron chi connectivity index (χ0n) is 11.4. The van der Waals surface area contributed by atoms with E-state index in [-0.39, 0.29) is 16.3 Å². The molecule has 1 aliphatic heterocycles. The lowest BCUT2D eigenvalue weighted by Gasteiger charge is -2.41. The first-order valence-electron chi connectivity index (χ1n) is 6.91. The van der Waals surface area contributed by atoms with Crippen molar-refractivity contribution >= 4 is 11.4 Å². The summed E-state index contributed by atoms with van der Waals surface area (Å²) in [6, 6.07) is 0. The second-order valence-electron chi connectivity index (χ2n) is 6.66. The number of hydrogen-bond acceptors (Lipinski definition) is 4. The van der Waals surface area contributed by atoms with Gasteiger partial charge in [-0.15, -0.1) is 0 Å². The topological polar surface area (TPSA) is 81.3 Å². The largest absolute Gasteiger partial charge is 0.598 e. The highest BCUT2D eigenvalue weighted by Crippen LogP contribution is 2.52. The summed E-state index contributed by atoms with van der Waals surface area (Å²) in [6.07, 6.45) is 4.68. The number of hydrogen-bond donors (Lipinski definition) is 3. The molecule has 1 spiro atoms. The Morgan fingerprint density at radius 2 is 2.06 bits per heavy atom. The summed E-state index contributed by atoms with van der Waals surface area (Å²) < 4.78 is 11.3. The van der Waals surface area contributed by atoms with Crippen molar-refractivity contribution in [3.05, 3.63) is 0 Å². The van der Waals surface area contributed by atoms with E-state index in [2.05, 4.69) is 5.32 Å². The van der Waals surface area contributed by atoms with Gasteiger partial charge in [-0.25, -0.2) is 0 Å². The molecular weight excluding hydrogens is 248 g/mol. The van der Waals surface area contributed by atoms with Crippen LogP contribution in [0.2, 0.25) is 0 Å². The SMILES string of the molecule is CC(C)(C[C@H]1C[C@H](O)CC12CCNCC2)[S+](N)[O-]. The molecule has 0 aromatic rings. The molecule has 3 atom stereocenters. The number of aliphatic hydroxyl groups is 1. The second kappa shape index (κ2) is 5.29. The van der Waals surface area contributed by atoms with Gasteiger partial charge in [0.2, 0.25) is 0 Å². The zero-order valence-corrected chi connectivity index (χ0v) is 12.3. The van der Waals surface area contributed by atoms with Crippen LogP contribution in [-0.4, -0.2) is 33.6 Å². The minimum absolute atomic E-state index is 0.185. The van der Waals surface area contributed by atoms with Crippen LogP contribution in [0.15, 0.2) is 0 Å². The van der Waals surface area contributed by atoms with Crippen LogP contribution in [0.5, 0.6) is 0 Å². The Morgan fingerprint density at radius 3 is 2.61 bits per heavy atom. The van der Waals surface area contributed by atoms with E-state index in [0.717, 1.165) is 45.2 Å². The molecule has 1 saturated heterocycles. The summed E-state index contributed by atoms with van der Waals surface area (Å²) in [5, 5.41) is 19.0. The highest BCUT2D eigenvalue weighted by atomic mass is 32.2. The second-order valence-corrected chi connectivity index (χ2v) is 8.36. The molecule has 4 N–H and O–H groups in total. The standard InChI is InChI=1S/C13H26N2O2S/c1-12(2,18(14)17)8-10-7-11(16)9-13(10)3-5-15-6-4-13/h10-11,15-16H,3-9,14H2,1-2H3/t10-,11+,18?/m1/s1. The predicted molar refractivity (Wildman–Crippen MR) is 74.3 cm³/mol. The van der Waals surface area contributed by atoms with E-state index in [1.54, 1.807) is 0 Å². The van der Waals surface area contributed by atoms with Crippen molar-refractivity contribution in [3.63, 3.8) is 0 Å². The highest BCUT2D eigenvalue weighted by molar-refractivity contribution is 7.90. The fourth-order valence-corrected chi connectivity index (χ4v) is 4.18. The van der Waals surface area contributed by atoms with Crippen molar-refractivity contribution in [3.8, 4) is 0 Å². The fraction of sp³-hybridized carbons (Fsp3) is 1.00. The Labute approximate surface area is 113 Å². The third-order valence-electron chi connectivity index (χ3n) is 4.95. The average molecular weight is 274 g/mol. The quantitative estimate of drug-likeness (QED) is 0.668. The Hall–Kier alpha value is 0.190. The van der Waals surface area contributed by atoms with Crippen molar-refractivity contribution in [1.82, 2.24) is 5.32 Å². The van der Waals surface area contributed by atoms with Gasteiger partial charge < -0.3 is 15.0 Å². The van der Waals surface area contributed by atoms with Gasteiger partial charge in [0.05, 0.1) is 6.10 Å². The molecule has 5 heteroatoms. The smallest absolute Gasteiger partial charge is 0.139 e. The fourth-order valence-electron chi connectivity index (χ4n) is 3.81. The molecular formula is C13H26N2O2S. The van der Waals surface area contributed by atoms with E-state index in [1.165, 1.54) is 0 Å². The monoisotopic (exact) mass is 274 g/mol. The molecule has 0 bridgehead atoms. The van der Waals surface area contributed by atoms with Gasteiger partial charge >= 0.3 is 0 Å². The van der Waals surface area contributed by atoms with Crippen LogP contribution in [0, 0.1) is 11.3 Å². The average Bonchev–Trinajstić information content (AvgIpc) is 2.55. The predicted octanol–water partition coefficient (Wildman–Crippen LogP) is 0.918. The highest BCUT2D eigenvalue weighted by Gasteiger charge is 2.50. The van der Waals surface area contributed by atoms with Crippen molar-refractivity contribution in [2.45, 2.75) is 56.8 Å². The number of rotatable bonds is 3. The Kier molecular flexibility index (Phi) is 4.29. The van der Waals surface area contributed by atoms with E-state index in [0.29, 0.717) is 5.92 Å². The molecule has 1 unspecified atom stereocenters. The Balaban J connectivity index is 2.10. The molecule has 0 aromatic heterocycles. The minimum Gasteiger partial charge on any atom is -0.598 e. The summed E-state index contributed by atoms with van der Waals surface area (Å²) in [4.78, 5) is 0. The summed E-state index contributed by atoms with van der Waals surface area (Å²) in [5.74, 6) is 0.456. The van der Waals surface area contributed by atoms with Crippen LogP contribution in [0.4, 0.5) is 0 Å². The number of aliphatic hydroxyl groups excluding tert-OH is 1. The van der Waals surface area contributed by atoms with Crippen molar-refractivity contribution in [2.75, 3.05) is 13.1 Å². The minimum atomic E-state index is -1.30. The summed E-state index contributed by atoms with van der Waals surface area (Å²) in [7, 11) is 0. The lowest BCUT2D eigenvalue weighted by Crippen LogP contribution is -2.44. The maximum absolute atomic E-state index is 11.6. The van der Waals surface area contributed by atoms with E-state index in [4.69, 9.17) is 5.14 Å². The first kappa shape index (κ1) is 14.6. The van der Waals surface area contributed by atoms with Gasteiger partial charge in [0.15, 0.2) is 0 Å². The first-order valence-corrected chi connectivity index (χ1v) is 8.12. The normalized spacial score (nSPS) is 33.8. The molecule has 106 valence electrons. The van der Waals surface area contributed by atoms with Crippen LogP contribution in [-0.2, 0) is 11.4 Å². The van der Waals surface area contributed by atoms with Crippen LogP contribution in [0.3, 0.4) is 0 Å². The molecule has 2 aliphatic rings. The molecule has 0 amide bonds. The lowest BCUT2D eigenvalue weighted by molar-refractivity contribution is 0.111. The molecule has 2 rings (SSSR count). The molecule has 0 radical (unpaired) electrons. The summed E-state index contributed by atoms with van der Waals surface area (Å²) in [5.41, 5.74) is 0.251. The van der Waals surface area contributed by atoms with Crippen molar-refractivity contribution in [1.29, 1.82) is 0 Å². The van der Waals surface area contributed by atoms with Crippen LogP contribution in [0.1, 0.15) is 46.0 Å². The van der Waals surface area contributed by atoms with Gasteiger partial charge in [0, 0.05) is 17.8 Å². The van der Waals surface area contributed by atoms with Gasteiger partial charge in [-0.05, 0) is 64.0 Å². The van der Waals surface area contributed by atoms with Crippen LogP contribution in [0.25, 0.3) is 0 Å². The summed E-state index contributed by atoms with van der Waals surface area (Å²) >= 11 is -1.30. The molecule has 18 heavy (non-hydrogen) atoms. The zero-order chi connectivity index (χ0) is 13.4. The number of piperidine rings is 1. The van der Waals surface area contributed by atoms with Gasteiger partial charge in [0.1, 0.15) is 4.75 Å². The van der Waals surface area contributed by atoms with Gasteiger partial charge in [-0.1, -0.05) is 0 Å². The Bertz CT molecular complexity index is 291. The molecule has 1 saturated carbocycles. The van der Waals surface area contributed by atoms with Crippen LogP contribution < -0.4 is 10.5 Å². The van der Waals surface area contributed by atoms with E-state index >= 15 is 0 Å². The van der Waals surface area contributed by atoms with E-state index in [9.17, 15) is 9.66 Å². The third kappa shape index (κ3) is 2.85. The number of nitrogens with two attached hydrogens (primary N) is 1. The van der Waals surface area contributed by atoms with Gasteiger partial charge in [-0.2, -0.15) is 5.14 Å². The molecule has 1 aliphatic carbocycles. The molecule has 2 fully saturated rings. The Morgan fingerprint density at radius 1 is 1.44 bits per heavy atom. The van der Waals surface area contributed by atoms with Crippen LogP contribution >= 0.6 is 0 Å². The molecule has 4 nitrogen and oxygen atoms in total. The van der Waals surface area contributed by atoms with E-state index < -0.39 is 11.4 Å². The maximum atomic E-state index is 11.6. The van der Waals surface area contributed by atoms with Gasteiger partial charge in [-0.3, -0.25) is 0 Å². The molecule has 0 aromatic carbocycles. The van der Waals surface area contributed by atoms with Crippen molar-refractivity contribution < 1.29 is 9.66 Å². The molecule has 1 heterocycles. The lowest BCUT2D eigenvalue weighted by atomic mass is 9.68. The first-order chi connectivity index (χ1) is 8.36. The van der Waals surface area contributed by atoms with Gasteiger partial charge in [0.25, 0.3) is 0 Å². The van der Waals surface area contributed by atoms with E-state index in [1.807, 2.05) is 13.8 Å².